The van der Waals surface area contributed by atoms with E-state index in [4.69, 9.17) is 10.5 Å². The molecule has 0 amide bonds. The molecule has 0 fully saturated rings. The quantitative estimate of drug-likeness (QED) is 0.818. The van der Waals surface area contributed by atoms with Crippen molar-refractivity contribution in [1.29, 1.82) is 0 Å². The molecule has 3 N–H and O–H groups in total. The van der Waals surface area contributed by atoms with Crippen molar-refractivity contribution >= 4 is 10.9 Å². The summed E-state index contributed by atoms with van der Waals surface area (Å²) < 4.78 is 5.95. The number of hydrogen-bond donors (Lipinski definition) is 2. The molecule has 2 heterocycles. The number of aromatic amines is 1. The number of H-pyrrole nitrogens is 1. The third kappa shape index (κ3) is 1.67. The van der Waals surface area contributed by atoms with E-state index in [9.17, 15) is 4.79 Å². The van der Waals surface area contributed by atoms with Gasteiger partial charge < -0.3 is 15.5 Å². The summed E-state index contributed by atoms with van der Waals surface area (Å²) in [6.45, 7) is 6.35. The second-order valence-electron chi connectivity index (χ2n) is 5.32. The molecule has 0 saturated carbocycles. The van der Waals surface area contributed by atoms with Gasteiger partial charge in [0, 0.05) is 23.9 Å². The molecule has 4 nitrogen and oxygen atoms in total. The summed E-state index contributed by atoms with van der Waals surface area (Å²) in [5.41, 5.74) is 10.6. The van der Waals surface area contributed by atoms with Crippen LogP contribution in [0, 0.1) is 20.8 Å². The molecular formula is C15H18N2O2. The first-order chi connectivity index (χ1) is 9.02. The number of aromatic nitrogens is 1. The maximum atomic E-state index is 11.9. The monoisotopic (exact) mass is 258 g/mol. The summed E-state index contributed by atoms with van der Waals surface area (Å²) in [6.07, 6.45) is 0.895. The first-order valence-corrected chi connectivity index (χ1v) is 6.55. The number of benzene rings is 1. The Morgan fingerprint density at radius 2 is 2.11 bits per heavy atom. The lowest BCUT2D eigenvalue weighted by Crippen LogP contribution is -2.24. The van der Waals surface area contributed by atoms with Crippen molar-refractivity contribution in [3.63, 3.8) is 0 Å². The largest absolute Gasteiger partial charge is 0.488 e. The van der Waals surface area contributed by atoms with Crippen LogP contribution in [0.1, 0.15) is 22.3 Å². The van der Waals surface area contributed by atoms with Crippen molar-refractivity contribution in [2.24, 2.45) is 5.73 Å². The molecule has 4 heteroatoms. The van der Waals surface area contributed by atoms with Gasteiger partial charge >= 0.3 is 0 Å². The number of ether oxygens (including phenoxy) is 1. The van der Waals surface area contributed by atoms with E-state index in [-0.39, 0.29) is 11.7 Å². The number of nitrogens with two attached hydrogens (primary N) is 1. The minimum Gasteiger partial charge on any atom is -0.488 e. The Kier molecular flexibility index (Phi) is 2.64. The normalized spacial score (nSPS) is 17.6. The van der Waals surface area contributed by atoms with Crippen LogP contribution < -0.4 is 16.0 Å². The van der Waals surface area contributed by atoms with Crippen molar-refractivity contribution in [2.75, 3.05) is 6.54 Å². The second-order valence-corrected chi connectivity index (χ2v) is 5.32. The molecule has 1 aromatic carbocycles. The number of hydrogen-bond acceptors (Lipinski definition) is 3. The van der Waals surface area contributed by atoms with Gasteiger partial charge in [-0.05, 0) is 37.5 Å². The smallest absolute Gasteiger partial charge is 0.251 e. The standard InChI is InChI=1S/C15H18N2O2/c1-7-4-10-5-11(6-16)19-14(10)12-8(2)9(3)15(18)17-13(7)12/h4,11H,5-6,16H2,1-3H3,(H,17,18). The predicted octanol–water partition coefficient (Wildman–Crippen LogP) is 1.72. The summed E-state index contributed by atoms with van der Waals surface area (Å²) >= 11 is 0. The molecular weight excluding hydrogens is 240 g/mol. The van der Waals surface area contributed by atoms with E-state index in [1.165, 1.54) is 5.56 Å². The van der Waals surface area contributed by atoms with Crippen molar-refractivity contribution in [3.8, 4) is 5.75 Å². The highest BCUT2D eigenvalue weighted by molar-refractivity contribution is 5.93. The Labute approximate surface area is 111 Å². The van der Waals surface area contributed by atoms with E-state index in [0.717, 1.165) is 39.8 Å². The summed E-state index contributed by atoms with van der Waals surface area (Å²) in [5.74, 6) is 0.896. The van der Waals surface area contributed by atoms with Gasteiger partial charge in [0.15, 0.2) is 0 Å². The molecule has 0 radical (unpaired) electrons. The Bertz CT molecular complexity index is 731. The van der Waals surface area contributed by atoms with Gasteiger partial charge in [0.05, 0.1) is 5.52 Å². The highest BCUT2D eigenvalue weighted by atomic mass is 16.5. The Hall–Kier alpha value is -1.81. The van der Waals surface area contributed by atoms with E-state index >= 15 is 0 Å². The molecule has 0 bridgehead atoms. The molecule has 0 saturated heterocycles. The van der Waals surface area contributed by atoms with Crippen LogP contribution in [0.4, 0.5) is 0 Å². The van der Waals surface area contributed by atoms with Gasteiger partial charge in [0.1, 0.15) is 11.9 Å². The first kappa shape index (κ1) is 12.2. The molecule has 0 aliphatic carbocycles. The number of nitrogens with one attached hydrogen (secondary N) is 1. The summed E-state index contributed by atoms with van der Waals surface area (Å²) in [6, 6.07) is 2.10. The van der Waals surface area contributed by atoms with E-state index < -0.39 is 0 Å². The number of rotatable bonds is 1. The molecule has 1 aliphatic heterocycles. The zero-order valence-corrected chi connectivity index (χ0v) is 11.5. The van der Waals surface area contributed by atoms with Crippen LogP contribution in [-0.2, 0) is 6.42 Å². The van der Waals surface area contributed by atoms with Gasteiger partial charge in [0.25, 0.3) is 5.56 Å². The maximum Gasteiger partial charge on any atom is 0.251 e. The number of pyridine rings is 1. The number of fused-ring (bicyclic) bond motifs is 3. The van der Waals surface area contributed by atoms with E-state index in [1.54, 1.807) is 0 Å². The van der Waals surface area contributed by atoms with Crippen LogP contribution in [-0.4, -0.2) is 17.6 Å². The first-order valence-electron chi connectivity index (χ1n) is 6.55. The van der Waals surface area contributed by atoms with Crippen LogP contribution in [0.25, 0.3) is 10.9 Å². The van der Waals surface area contributed by atoms with Crippen LogP contribution in [0.3, 0.4) is 0 Å². The molecule has 1 atom stereocenters. The summed E-state index contributed by atoms with van der Waals surface area (Å²) in [5, 5.41) is 1.03. The Morgan fingerprint density at radius 1 is 1.37 bits per heavy atom. The average molecular weight is 258 g/mol. The van der Waals surface area contributed by atoms with Gasteiger partial charge in [-0.2, -0.15) is 0 Å². The lowest BCUT2D eigenvalue weighted by atomic mass is 9.98. The Morgan fingerprint density at radius 3 is 2.79 bits per heavy atom. The lowest BCUT2D eigenvalue weighted by Gasteiger charge is -2.13. The van der Waals surface area contributed by atoms with Gasteiger partial charge in [-0.1, -0.05) is 6.07 Å². The molecule has 2 aromatic rings. The predicted molar refractivity (Wildman–Crippen MR) is 76.0 cm³/mol. The summed E-state index contributed by atoms with van der Waals surface area (Å²) in [4.78, 5) is 14.9. The zero-order chi connectivity index (χ0) is 13.7. The number of aryl methyl sites for hydroxylation is 2. The molecule has 3 rings (SSSR count). The van der Waals surface area contributed by atoms with Crippen LogP contribution in [0.5, 0.6) is 5.75 Å². The van der Waals surface area contributed by atoms with Crippen molar-refractivity contribution in [2.45, 2.75) is 33.3 Å². The van der Waals surface area contributed by atoms with E-state index in [0.29, 0.717) is 6.54 Å². The van der Waals surface area contributed by atoms with Gasteiger partial charge in [0.2, 0.25) is 0 Å². The second kappa shape index (κ2) is 4.10. The van der Waals surface area contributed by atoms with Gasteiger partial charge in [-0.25, -0.2) is 0 Å². The minimum atomic E-state index is -0.0265. The van der Waals surface area contributed by atoms with Gasteiger partial charge in [-0.3, -0.25) is 4.79 Å². The SMILES string of the molecule is Cc1c(C)c2c3c(cc(C)c2[nH]c1=O)CC(CN)O3. The lowest BCUT2D eigenvalue weighted by molar-refractivity contribution is 0.243. The van der Waals surface area contributed by atoms with E-state index in [1.807, 2.05) is 20.8 Å². The fourth-order valence-corrected chi connectivity index (χ4v) is 2.83. The fourth-order valence-electron chi connectivity index (χ4n) is 2.83. The molecule has 1 aromatic heterocycles. The average Bonchev–Trinajstić information content (AvgIpc) is 2.78. The third-order valence-electron chi connectivity index (χ3n) is 4.07. The molecule has 1 unspecified atom stereocenters. The van der Waals surface area contributed by atoms with Crippen molar-refractivity contribution in [3.05, 3.63) is 38.7 Å². The summed E-state index contributed by atoms with van der Waals surface area (Å²) in [7, 11) is 0. The Balaban J connectivity index is 2.41. The highest BCUT2D eigenvalue weighted by Gasteiger charge is 2.26. The fraction of sp³-hybridized carbons (Fsp3) is 0.400. The van der Waals surface area contributed by atoms with E-state index in [2.05, 4.69) is 11.1 Å². The third-order valence-corrected chi connectivity index (χ3v) is 4.07. The van der Waals surface area contributed by atoms with Crippen molar-refractivity contribution in [1.82, 2.24) is 4.98 Å². The molecule has 0 spiro atoms. The van der Waals surface area contributed by atoms with Crippen molar-refractivity contribution < 1.29 is 4.74 Å². The molecule has 100 valence electrons. The zero-order valence-electron chi connectivity index (χ0n) is 11.5. The topological polar surface area (TPSA) is 68.1 Å². The van der Waals surface area contributed by atoms with Gasteiger partial charge in [-0.15, -0.1) is 0 Å². The van der Waals surface area contributed by atoms with Crippen LogP contribution in [0.15, 0.2) is 10.9 Å². The highest BCUT2D eigenvalue weighted by Crippen LogP contribution is 2.39. The minimum absolute atomic E-state index is 0.0265. The maximum absolute atomic E-state index is 11.9. The molecule has 1 aliphatic rings. The molecule has 19 heavy (non-hydrogen) atoms. The van der Waals surface area contributed by atoms with Crippen LogP contribution in [0.2, 0.25) is 0 Å². The van der Waals surface area contributed by atoms with Crippen LogP contribution >= 0.6 is 0 Å².